The number of nitrogens with zero attached hydrogens (tertiary/aromatic N) is 2. The van der Waals surface area contributed by atoms with Gasteiger partial charge in [0.15, 0.2) is 0 Å². The number of carbonyl (C=O) groups is 2. The van der Waals surface area contributed by atoms with Gasteiger partial charge in [0.2, 0.25) is 0 Å². The zero-order valence-corrected chi connectivity index (χ0v) is 15.9. The Labute approximate surface area is 156 Å². The minimum absolute atomic E-state index is 0.0230. The van der Waals surface area contributed by atoms with Gasteiger partial charge >= 0.3 is 5.97 Å². The fourth-order valence-corrected chi connectivity index (χ4v) is 3.79. The number of rotatable bonds is 3. The lowest BCUT2D eigenvalue weighted by molar-refractivity contribution is -0.0229. The van der Waals surface area contributed by atoms with Crippen LogP contribution in [0.2, 0.25) is 0 Å². The molecular weight excluding hydrogens is 352 g/mol. The van der Waals surface area contributed by atoms with Crippen LogP contribution < -0.4 is 0 Å². The van der Waals surface area contributed by atoms with Crippen molar-refractivity contribution in [3.8, 4) is 0 Å². The molecule has 1 aromatic heterocycles. The van der Waals surface area contributed by atoms with Crippen LogP contribution in [0.3, 0.4) is 0 Å². The smallest absolute Gasteiger partial charge is 0.335 e. The number of thiazole rings is 1. The highest BCUT2D eigenvalue weighted by Crippen LogP contribution is 2.30. The summed E-state index contributed by atoms with van der Waals surface area (Å²) in [6, 6.07) is 6.00. The quantitative estimate of drug-likeness (QED) is 0.891. The molecule has 2 heterocycles. The zero-order chi connectivity index (χ0) is 18.9. The van der Waals surface area contributed by atoms with Crippen molar-refractivity contribution in [2.24, 2.45) is 0 Å². The average Bonchev–Trinajstić information content (AvgIpc) is 3.12. The predicted octanol–water partition coefficient (Wildman–Crippen LogP) is 3.35. The van der Waals surface area contributed by atoms with Gasteiger partial charge in [-0.3, -0.25) is 4.79 Å². The summed E-state index contributed by atoms with van der Waals surface area (Å²) in [7, 11) is 0. The van der Waals surface area contributed by atoms with Crippen LogP contribution >= 0.6 is 11.3 Å². The van der Waals surface area contributed by atoms with E-state index in [1.54, 1.807) is 28.4 Å². The molecule has 1 aliphatic rings. The molecule has 6 nitrogen and oxygen atoms in total. The van der Waals surface area contributed by atoms with Crippen molar-refractivity contribution >= 4 is 23.2 Å². The van der Waals surface area contributed by atoms with Gasteiger partial charge < -0.3 is 14.7 Å². The lowest BCUT2D eigenvalue weighted by Crippen LogP contribution is -2.42. The number of carbonyl (C=O) groups excluding carboxylic acids is 1. The third-order valence-corrected chi connectivity index (χ3v) is 5.24. The first-order chi connectivity index (χ1) is 12.3. The van der Waals surface area contributed by atoms with Crippen LogP contribution in [0.15, 0.2) is 29.6 Å². The first-order valence-electron chi connectivity index (χ1n) is 8.46. The summed E-state index contributed by atoms with van der Waals surface area (Å²) in [5, 5.41) is 11.9. The van der Waals surface area contributed by atoms with Gasteiger partial charge in [-0.1, -0.05) is 20.8 Å². The van der Waals surface area contributed by atoms with E-state index in [0.717, 1.165) is 10.7 Å². The van der Waals surface area contributed by atoms with Crippen molar-refractivity contribution in [2.75, 3.05) is 19.7 Å². The SMILES string of the molecule is CC(C)(C)c1csc(C2CN(C(=O)c3ccc(C(=O)O)cc3)CCO2)n1. The molecule has 1 unspecified atom stereocenters. The lowest BCUT2D eigenvalue weighted by atomic mass is 9.93. The Morgan fingerprint density at radius 1 is 1.23 bits per heavy atom. The molecule has 1 fully saturated rings. The third kappa shape index (κ3) is 3.94. The van der Waals surface area contributed by atoms with Gasteiger partial charge in [0.1, 0.15) is 11.1 Å². The largest absolute Gasteiger partial charge is 0.478 e. The van der Waals surface area contributed by atoms with E-state index in [1.807, 2.05) is 5.38 Å². The second kappa shape index (κ2) is 7.17. The topological polar surface area (TPSA) is 79.7 Å². The predicted molar refractivity (Wildman–Crippen MR) is 98.8 cm³/mol. The van der Waals surface area contributed by atoms with E-state index < -0.39 is 5.97 Å². The van der Waals surface area contributed by atoms with E-state index in [0.29, 0.717) is 25.3 Å². The molecule has 26 heavy (non-hydrogen) atoms. The molecule has 1 atom stereocenters. The van der Waals surface area contributed by atoms with E-state index in [2.05, 4.69) is 20.8 Å². The van der Waals surface area contributed by atoms with Crippen LogP contribution in [0.1, 0.15) is 58.3 Å². The van der Waals surface area contributed by atoms with Crippen molar-refractivity contribution in [3.63, 3.8) is 0 Å². The Morgan fingerprint density at radius 2 is 1.88 bits per heavy atom. The number of aromatic nitrogens is 1. The van der Waals surface area contributed by atoms with Gasteiger partial charge in [0.05, 0.1) is 24.4 Å². The molecular formula is C19H22N2O4S. The van der Waals surface area contributed by atoms with E-state index in [9.17, 15) is 9.59 Å². The summed E-state index contributed by atoms with van der Waals surface area (Å²) in [4.78, 5) is 30.1. The number of hydrogen-bond donors (Lipinski definition) is 1. The fraction of sp³-hybridized carbons (Fsp3) is 0.421. The number of benzene rings is 1. The highest BCUT2D eigenvalue weighted by molar-refractivity contribution is 7.09. The first-order valence-corrected chi connectivity index (χ1v) is 9.34. The van der Waals surface area contributed by atoms with Crippen molar-refractivity contribution in [1.29, 1.82) is 0 Å². The molecule has 0 bridgehead atoms. The van der Waals surface area contributed by atoms with Gasteiger partial charge in [-0.25, -0.2) is 9.78 Å². The maximum atomic E-state index is 12.7. The summed E-state index contributed by atoms with van der Waals surface area (Å²) >= 11 is 1.56. The molecule has 0 saturated carbocycles. The Morgan fingerprint density at radius 3 is 2.46 bits per heavy atom. The molecule has 1 amide bonds. The Bertz CT molecular complexity index is 808. The lowest BCUT2D eigenvalue weighted by Gasteiger charge is -2.32. The number of morpholine rings is 1. The van der Waals surface area contributed by atoms with Gasteiger partial charge in [0, 0.05) is 22.9 Å². The number of ether oxygens (including phenoxy) is 1. The van der Waals surface area contributed by atoms with E-state index in [4.69, 9.17) is 14.8 Å². The van der Waals surface area contributed by atoms with Crippen molar-refractivity contribution in [3.05, 3.63) is 51.5 Å². The molecule has 1 aliphatic heterocycles. The monoisotopic (exact) mass is 374 g/mol. The maximum absolute atomic E-state index is 12.7. The molecule has 1 saturated heterocycles. The normalized spacial score (nSPS) is 18.0. The first kappa shape index (κ1) is 18.5. The molecule has 3 rings (SSSR count). The van der Waals surface area contributed by atoms with Gasteiger partial charge in [0.25, 0.3) is 5.91 Å². The van der Waals surface area contributed by atoms with Gasteiger partial charge in [-0.05, 0) is 24.3 Å². The molecule has 7 heteroatoms. The van der Waals surface area contributed by atoms with Gasteiger partial charge in [-0.2, -0.15) is 0 Å². The number of carboxylic acid groups (broad SMARTS) is 1. The summed E-state index contributed by atoms with van der Waals surface area (Å²) in [5.41, 5.74) is 1.64. The van der Waals surface area contributed by atoms with E-state index >= 15 is 0 Å². The molecule has 0 aliphatic carbocycles. The molecule has 1 aromatic carbocycles. The number of aromatic carboxylic acids is 1. The van der Waals surface area contributed by atoms with E-state index in [1.165, 1.54) is 12.1 Å². The standard InChI is InChI=1S/C19H22N2O4S/c1-19(2,3)15-11-26-16(20-15)14-10-21(8-9-25-14)17(22)12-4-6-13(7-5-12)18(23)24/h4-7,11,14H,8-10H2,1-3H3,(H,23,24). The van der Waals surface area contributed by atoms with Crippen LogP contribution in [-0.2, 0) is 10.2 Å². The van der Waals surface area contributed by atoms with E-state index in [-0.39, 0.29) is 23.0 Å². The number of hydrogen-bond acceptors (Lipinski definition) is 5. The van der Waals surface area contributed by atoms with Crippen LogP contribution in [-0.4, -0.2) is 46.6 Å². The molecule has 138 valence electrons. The van der Waals surface area contributed by atoms with Crippen LogP contribution in [0.25, 0.3) is 0 Å². The molecule has 2 aromatic rings. The second-order valence-corrected chi connectivity index (χ2v) is 8.20. The Hall–Kier alpha value is -2.25. The van der Waals surface area contributed by atoms with Crippen LogP contribution in [0.4, 0.5) is 0 Å². The summed E-state index contributed by atoms with van der Waals surface area (Å²) < 4.78 is 5.83. The average molecular weight is 374 g/mol. The molecule has 0 spiro atoms. The molecule has 1 N–H and O–H groups in total. The highest BCUT2D eigenvalue weighted by Gasteiger charge is 2.29. The number of carboxylic acids is 1. The third-order valence-electron chi connectivity index (χ3n) is 4.30. The Kier molecular flexibility index (Phi) is 5.11. The maximum Gasteiger partial charge on any atom is 0.335 e. The summed E-state index contributed by atoms with van der Waals surface area (Å²) in [6.45, 7) is 7.75. The van der Waals surface area contributed by atoms with Crippen molar-refractivity contribution in [1.82, 2.24) is 9.88 Å². The Balaban J connectivity index is 1.72. The minimum Gasteiger partial charge on any atom is -0.478 e. The second-order valence-electron chi connectivity index (χ2n) is 7.31. The summed E-state index contributed by atoms with van der Waals surface area (Å²) in [6.07, 6.45) is -0.230. The highest BCUT2D eigenvalue weighted by atomic mass is 32.1. The number of amides is 1. The molecule has 0 radical (unpaired) electrons. The zero-order valence-electron chi connectivity index (χ0n) is 15.1. The van der Waals surface area contributed by atoms with Crippen LogP contribution in [0, 0.1) is 0 Å². The van der Waals surface area contributed by atoms with Crippen LogP contribution in [0.5, 0.6) is 0 Å². The fourth-order valence-electron chi connectivity index (χ4n) is 2.70. The minimum atomic E-state index is -1.01. The van der Waals surface area contributed by atoms with Gasteiger partial charge in [-0.15, -0.1) is 11.3 Å². The van der Waals surface area contributed by atoms with Crippen molar-refractivity contribution < 1.29 is 19.4 Å². The summed E-state index contributed by atoms with van der Waals surface area (Å²) in [5.74, 6) is -1.13. The van der Waals surface area contributed by atoms with Crippen molar-refractivity contribution in [2.45, 2.75) is 32.3 Å².